The molecule has 0 aromatic heterocycles. The summed E-state index contributed by atoms with van der Waals surface area (Å²) in [6.45, 7) is 7.58. The molecule has 11 heteroatoms. The predicted molar refractivity (Wildman–Crippen MR) is 124 cm³/mol. The Bertz CT molecular complexity index is 927. The quantitative estimate of drug-likeness (QED) is 0.529. The second-order valence-electron chi connectivity index (χ2n) is 8.18. The van der Waals surface area contributed by atoms with E-state index in [2.05, 4.69) is 10.6 Å². The Morgan fingerprint density at radius 3 is 2.33 bits per heavy atom. The lowest BCUT2D eigenvalue weighted by Crippen LogP contribution is -2.41. The van der Waals surface area contributed by atoms with Crippen molar-refractivity contribution in [3.8, 4) is 0 Å². The van der Waals surface area contributed by atoms with Crippen LogP contribution < -0.4 is 15.5 Å². The third-order valence-corrected chi connectivity index (χ3v) is 7.72. The minimum absolute atomic E-state index is 0.0704. The van der Waals surface area contributed by atoms with Gasteiger partial charge >= 0.3 is 0 Å². The van der Waals surface area contributed by atoms with Crippen LogP contribution in [0.1, 0.15) is 37.0 Å². The van der Waals surface area contributed by atoms with Gasteiger partial charge in [0.25, 0.3) is 5.91 Å². The summed E-state index contributed by atoms with van der Waals surface area (Å²) < 4.78 is 38.3. The highest BCUT2D eigenvalue weighted by Crippen LogP contribution is 2.27. The zero-order valence-electron chi connectivity index (χ0n) is 19.3. The van der Waals surface area contributed by atoms with Crippen molar-refractivity contribution in [3.63, 3.8) is 0 Å². The summed E-state index contributed by atoms with van der Waals surface area (Å²) in [5.74, 6) is -0.548. The number of rotatable bonds is 9. The van der Waals surface area contributed by atoms with Gasteiger partial charge in [-0.05, 0) is 31.5 Å². The first-order valence-corrected chi connectivity index (χ1v) is 12.9. The number of nitrogens with one attached hydrogen (secondary N) is 2. The number of carbonyl (C=O) groups is 2. The fraction of sp³-hybridized carbons (Fsp3) is 0.636. The molecule has 3 rings (SSSR count). The minimum atomic E-state index is -3.75. The summed E-state index contributed by atoms with van der Waals surface area (Å²) in [5, 5.41) is 5.64. The van der Waals surface area contributed by atoms with Gasteiger partial charge in [-0.15, -0.1) is 0 Å². The molecule has 0 saturated carbocycles. The van der Waals surface area contributed by atoms with Crippen molar-refractivity contribution < 1.29 is 27.5 Å². The van der Waals surface area contributed by atoms with Gasteiger partial charge in [0.1, 0.15) is 0 Å². The molecule has 1 aromatic carbocycles. The Balaban J connectivity index is 1.79. The van der Waals surface area contributed by atoms with E-state index in [9.17, 15) is 18.0 Å². The molecule has 0 bridgehead atoms. The number of sulfonamides is 1. The summed E-state index contributed by atoms with van der Waals surface area (Å²) in [5.41, 5.74) is 0.925. The van der Waals surface area contributed by atoms with Crippen LogP contribution >= 0.6 is 0 Å². The van der Waals surface area contributed by atoms with E-state index in [0.717, 1.165) is 6.42 Å². The van der Waals surface area contributed by atoms with Crippen LogP contribution in [0.4, 0.5) is 5.69 Å². The molecule has 0 radical (unpaired) electrons. The zero-order chi connectivity index (χ0) is 23.8. The van der Waals surface area contributed by atoms with Crippen molar-refractivity contribution in [2.24, 2.45) is 0 Å². The number of hydrogen-bond acceptors (Lipinski definition) is 7. The predicted octanol–water partition coefficient (Wildman–Crippen LogP) is 0.579. The van der Waals surface area contributed by atoms with Crippen LogP contribution in [0.2, 0.25) is 0 Å². The first-order valence-electron chi connectivity index (χ1n) is 11.4. The van der Waals surface area contributed by atoms with E-state index >= 15 is 0 Å². The van der Waals surface area contributed by atoms with Gasteiger partial charge in [0.05, 0.1) is 36.9 Å². The summed E-state index contributed by atoms with van der Waals surface area (Å²) in [7, 11) is -3.75. The van der Waals surface area contributed by atoms with E-state index in [1.165, 1.54) is 10.4 Å². The van der Waals surface area contributed by atoms with E-state index in [-0.39, 0.29) is 48.5 Å². The number of benzene rings is 1. The average molecular weight is 483 g/mol. The lowest BCUT2D eigenvalue weighted by molar-refractivity contribution is -0.121. The van der Waals surface area contributed by atoms with Crippen LogP contribution in [0, 0.1) is 0 Å². The molecule has 1 atom stereocenters. The Labute approximate surface area is 195 Å². The lowest BCUT2D eigenvalue weighted by atomic mass is 10.1. The highest BCUT2D eigenvalue weighted by Gasteiger charge is 2.29. The molecule has 33 heavy (non-hydrogen) atoms. The summed E-state index contributed by atoms with van der Waals surface area (Å²) in [4.78, 5) is 27.2. The van der Waals surface area contributed by atoms with Crippen LogP contribution in [0.25, 0.3) is 0 Å². The van der Waals surface area contributed by atoms with Gasteiger partial charge in [0.2, 0.25) is 15.9 Å². The molecule has 1 unspecified atom stereocenters. The van der Waals surface area contributed by atoms with Crippen molar-refractivity contribution in [3.05, 3.63) is 23.8 Å². The molecule has 10 nitrogen and oxygen atoms in total. The average Bonchev–Trinajstić information content (AvgIpc) is 2.84. The fourth-order valence-electron chi connectivity index (χ4n) is 3.71. The monoisotopic (exact) mass is 482 g/mol. The number of amides is 2. The van der Waals surface area contributed by atoms with Crippen LogP contribution in [-0.4, -0.2) is 89.7 Å². The van der Waals surface area contributed by atoms with Crippen molar-refractivity contribution in [1.29, 1.82) is 0 Å². The topological polar surface area (TPSA) is 117 Å². The molecule has 0 spiro atoms. The molecule has 1 aromatic rings. The third kappa shape index (κ3) is 6.66. The van der Waals surface area contributed by atoms with E-state index in [1.54, 1.807) is 12.1 Å². The molecular formula is C22H34N4O6S. The van der Waals surface area contributed by atoms with Gasteiger partial charge in [-0.3, -0.25) is 9.59 Å². The fourth-order valence-corrected chi connectivity index (χ4v) is 5.14. The van der Waals surface area contributed by atoms with Crippen molar-refractivity contribution >= 4 is 27.5 Å². The molecule has 2 saturated heterocycles. The highest BCUT2D eigenvalue weighted by molar-refractivity contribution is 7.89. The SMILES string of the molecule is CCC(C)NC(=O)CCNC(=O)c1cc(S(=O)(=O)N2CCOCC2)ccc1N1CCOCC1. The van der Waals surface area contributed by atoms with E-state index in [4.69, 9.17) is 9.47 Å². The largest absolute Gasteiger partial charge is 0.379 e. The standard InChI is InChI=1S/C22H34N4O6S/c1-3-17(2)24-21(27)6-7-23-22(28)19-16-18(33(29,30)26-10-14-32-15-11-26)4-5-20(19)25-8-12-31-13-9-25/h4-5,16-17H,3,6-15H2,1-2H3,(H,23,28)(H,24,27). The van der Waals surface area contributed by atoms with Crippen molar-refractivity contribution in [2.75, 3.05) is 64.1 Å². The number of ether oxygens (including phenoxy) is 2. The molecule has 2 fully saturated rings. The van der Waals surface area contributed by atoms with Gasteiger partial charge in [0, 0.05) is 50.9 Å². The normalized spacial score (nSPS) is 18.5. The van der Waals surface area contributed by atoms with Crippen molar-refractivity contribution in [2.45, 2.75) is 37.6 Å². The Morgan fingerprint density at radius 2 is 1.70 bits per heavy atom. The number of morpholine rings is 2. The number of carbonyl (C=O) groups excluding carboxylic acids is 2. The number of nitrogens with zero attached hydrogens (tertiary/aromatic N) is 2. The zero-order valence-corrected chi connectivity index (χ0v) is 20.2. The molecule has 184 valence electrons. The second-order valence-corrected chi connectivity index (χ2v) is 10.1. The molecule has 2 N–H and O–H groups in total. The van der Waals surface area contributed by atoms with E-state index < -0.39 is 15.9 Å². The van der Waals surface area contributed by atoms with Crippen molar-refractivity contribution in [1.82, 2.24) is 14.9 Å². The lowest BCUT2D eigenvalue weighted by Gasteiger charge is -2.31. The Morgan fingerprint density at radius 1 is 1.06 bits per heavy atom. The smallest absolute Gasteiger partial charge is 0.253 e. The molecule has 2 aliphatic heterocycles. The Kier molecular flexibility index (Phi) is 9.07. The molecule has 2 amide bonds. The summed E-state index contributed by atoms with van der Waals surface area (Å²) in [6, 6.07) is 4.74. The summed E-state index contributed by atoms with van der Waals surface area (Å²) >= 11 is 0. The van der Waals surface area contributed by atoms with E-state index in [1.807, 2.05) is 18.7 Å². The van der Waals surface area contributed by atoms with Gasteiger partial charge < -0.3 is 25.0 Å². The second kappa shape index (κ2) is 11.8. The maximum absolute atomic E-state index is 13.1. The van der Waals surface area contributed by atoms with Gasteiger partial charge in [-0.25, -0.2) is 8.42 Å². The number of anilines is 1. The maximum Gasteiger partial charge on any atom is 0.253 e. The van der Waals surface area contributed by atoms with Crippen LogP contribution in [0.5, 0.6) is 0 Å². The van der Waals surface area contributed by atoms with E-state index in [0.29, 0.717) is 45.2 Å². The minimum Gasteiger partial charge on any atom is -0.379 e. The first kappa shape index (κ1) is 25.4. The molecule has 2 aliphatic rings. The maximum atomic E-state index is 13.1. The highest BCUT2D eigenvalue weighted by atomic mass is 32.2. The van der Waals surface area contributed by atoms with Gasteiger partial charge in [-0.1, -0.05) is 6.92 Å². The van der Waals surface area contributed by atoms with Gasteiger partial charge in [0.15, 0.2) is 0 Å². The number of hydrogen-bond donors (Lipinski definition) is 2. The molecule has 0 aliphatic carbocycles. The third-order valence-electron chi connectivity index (χ3n) is 5.83. The van der Waals surface area contributed by atoms with Gasteiger partial charge in [-0.2, -0.15) is 4.31 Å². The summed E-state index contributed by atoms with van der Waals surface area (Å²) in [6.07, 6.45) is 0.972. The molecular weight excluding hydrogens is 448 g/mol. The van der Waals surface area contributed by atoms with Crippen LogP contribution in [0.3, 0.4) is 0 Å². The first-order chi connectivity index (χ1) is 15.8. The Hall–Kier alpha value is -2.21. The van der Waals surface area contributed by atoms with Crippen LogP contribution in [0.15, 0.2) is 23.1 Å². The van der Waals surface area contributed by atoms with Crippen LogP contribution in [-0.2, 0) is 24.3 Å². The molecule has 2 heterocycles.